The van der Waals surface area contributed by atoms with Crippen molar-refractivity contribution in [2.45, 2.75) is 20.4 Å². The molecule has 120 valence electrons. The summed E-state index contributed by atoms with van der Waals surface area (Å²) in [6.45, 7) is 4.46. The lowest BCUT2D eigenvalue weighted by Crippen LogP contribution is -2.22. The first-order valence-electron chi connectivity index (χ1n) is 7.26. The van der Waals surface area contributed by atoms with Crippen LogP contribution in [0, 0.1) is 17.0 Å². The highest BCUT2D eigenvalue weighted by atomic mass is 16.6. The van der Waals surface area contributed by atoms with Gasteiger partial charge in [-0.25, -0.2) is 0 Å². The lowest BCUT2D eigenvalue weighted by molar-refractivity contribution is -0.385. The number of nitrogens with one attached hydrogen (secondary N) is 1. The quantitative estimate of drug-likeness (QED) is 0.655. The van der Waals surface area contributed by atoms with E-state index in [1.807, 2.05) is 31.2 Å². The van der Waals surface area contributed by atoms with Gasteiger partial charge in [-0.3, -0.25) is 14.9 Å². The molecule has 23 heavy (non-hydrogen) atoms. The Balaban J connectivity index is 2.03. The average Bonchev–Trinajstić information content (AvgIpc) is 2.53. The number of nitro benzene ring substituents is 1. The number of carbonyl (C=O) groups excluding carboxylic acids is 1. The van der Waals surface area contributed by atoms with E-state index in [9.17, 15) is 14.9 Å². The standard InChI is InChI=1S/C17H18N2O4/c1-3-23-15-6-4-5-13(10-15)11-18-17(20)14-7-8-16(19(21)22)12(2)9-14/h4-10H,3,11H2,1-2H3,(H,18,20). The van der Waals surface area contributed by atoms with Gasteiger partial charge in [0.25, 0.3) is 11.6 Å². The molecule has 0 aromatic heterocycles. The molecule has 0 fully saturated rings. The first-order valence-corrected chi connectivity index (χ1v) is 7.26. The van der Waals surface area contributed by atoms with Gasteiger partial charge in [0, 0.05) is 23.7 Å². The van der Waals surface area contributed by atoms with E-state index >= 15 is 0 Å². The first kappa shape index (κ1) is 16.5. The molecular weight excluding hydrogens is 296 g/mol. The third-order valence-electron chi connectivity index (χ3n) is 3.32. The highest BCUT2D eigenvalue weighted by Crippen LogP contribution is 2.19. The second-order valence-corrected chi connectivity index (χ2v) is 5.02. The largest absolute Gasteiger partial charge is 0.494 e. The van der Waals surface area contributed by atoms with E-state index in [0.29, 0.717) is 24.3 Å². The predicted molar refractivity (Wildman–Crippen MR) is 86.6 cm³/mol. The number of aryl methyl sites for hydroxylation is 1. The van der Waals surface area contributed by atoms with E-state index in [0.717, 1.165) is 11.3 Å². The second kappa shape index (κ2) is 7.40. The molecular formula is C17H18N2O4. The zero-order valence-electron chi connectivity index (χ0n) is 13.0. The van der Waals surface area contributed by atoms with Crippen molar-refractivity contribution in [3.8, 4) is 5.75 Å². The second-order valence-electron chi connectivity index (χ2n) is 5.02. The number of nitrogens with zero attached hydrogens (tertiary/aromatic N) is 1. The van der Waals surface area contributed by atoms with Crippen LogP contribution >= 0.6 is 0 Å². The molecule has 0 bridgehead atoms. The predicted octanol–water partition coefficient (Wildman–Crippen LogP) is 3.23. The SMILES string of the molecule is CCOc1cccc(CNC(=O)c2ccc([N+](=O)[O-])c(C)c2)c1. The van der Waals surface area contributed by atoms with E-state index in [-0.39, 0.29) is 11.6 Å². The molecule has 0 aliphatic heterocycles. The molecule has 2 aromatic rings. The zero-order chi connectivity index (χ0) is 16.8. The van der Waals surface area contributed by atoms with Crippen molar-refractivity contribution in [1.29, 1.82) is 0 Å². The van der Waals surface area contributed by atoms with E-state index in [4.69, 9.17) is 4.74 Å². The number of benzene rings is 2. The Kier molecular flexibility index (Phi) is 5.30. The highest BCUT2D eigenvalue weighted by molar-refractivity contribution is 5.94. The van der Waals surface area contributed by atoms with Crippen LogP contribution in [0.5, 0.6) is 5.75 Å². The van der Waals surface area contributed by atoms with E-state index in [2.05, 4.69) is 5.32 Å². The smallest absolute Gasteiger partial charge is 0.272 e. The van der Waals surface area contributed by atoms with Crippen molar-refractivity contribution in [3.63, 3.8) is 0 Å². The van der Waals surface area contributed by atoms with Gasteiger partial charge in [-0.15, -0.1) is 0 Å². The van der Waals surface area contributed by atoms with Gasteiger partial charge >= 0.3 is 0 Å². The number of rotatable bonds is 6. The molecule has 6 heteroatoms. The minimum Gasteiger partial charge on any atom is -0.494 e. The molecule has 0 aliphatic carbocycles. The molecule has 0 radical (unpaired) electrons. The summed E-state index contributed by atoms with van der Waals surface area (Å²) in [6, 6.07) is 11.8. The van der Waals surface area contributed by atoms with Crippen LogP contribution in [0.1, 0.15) is 28.4 Å². The molecule has 2 aromatic carbocycles. The Hall–Kier alpha value is -2.89. The van der Waals surface area contributed by atoms with Crippen molar-refractivity contribution in [1.82, 2.24) is 5.32 Å². The van der Waals surface area contributed by atoms with Gasteiger partial charge in [0.05, 0.1) is 11.5 Å². The van der Waals surface area contributed by atoms with Crippen molar-refractivity contribution < 1.29 is 14.5 Å². The third kappa shape index (κ3) is 4.29. The molecule has 0 heterocycles. The summed E-state index contributed by atoms with van der Waals surface area (Å²) >= 11 is 0. The van der Waals surface area contributed by atoms with Crippen LogP contribution in [0.25, 0.3) is 0 Å². The van der Waals surface area contributed by atoms with Crippen LogP contribution in [0.2, 0.25) is 0 Å². The summed E-state index contributed by atoms with van der Waals surface area (Å²) in [5.41, 5.74) is 1.78. The molecule has 0 saturated heterocycles. The molecule has 0 aliphatic rings. The normalized spacial score (nSPS) is 10.2. The van der Waals surface area contributed by atoms with Gasteiger partial charge < -0.3 is 10.1 Å². The minimum atomic E-state index is -0.462. The molecule has 0 atom stereocenters. The number of ether oxygens (including phenoxy) is 1. The molecule has 2 rings (SSSR count). The zero-order valence-corrected chi connectivity index (χ0v) is 13.0. The summed E-state index contributed by atoms with van der Waals surface area (Å²) in [7, 11) is 0. The minimum absolute atomic E-state index is 0.00552. The fraction of sp³-hybridized carbons (Fsp3) is 0.235. The summed E-state index contributed by atoms with van der Waals surface area (Å²) in [6.07, 6.45) is 0. The van der Waals surface area contributed by atoms with Crippen molar-refractivity contribution in [2.24, 2.45) is 0 Å². The topological polar surface area (TPSA) is 81.5 Å². The molecule has 0 unspecified atom stereocenters. The molecule has 0 saturated carbocycles. The fourth-order valence-corrected chi connectivity index (χ4v) is 2.20. The number of carbonyl (C=O) groups is 1. The Labute approximate surface area is 134 Å². The molecule has 1 N–H and O–H groups in total. The lowest BCUT2D eigenvalue weighted by Gasteiger charge is -2.08. The summed E-state index contributed by atoms with van der Waals surface area (Å²) in [5, 5.41) is 13.6. The Morgan fingerprint density at radius 2 is 2.04 bits per heavy atom. The number of nitro groups is 1. The van der Waals surface area contributed by atoms with Gasteiger partial charge in [-0.1, -0.05) is 12.1 Å². The van der Waals surface area contributed by atoms with Gasteiger partial charge in [-0.2, -0.15) is 0 Å². The lowest BCUT2D eigenvalue weighted by atomic mass is 10.1. The Morgan fingerprint density at radius 3 is 2.70 bits per heavy atom. The summed E-state index contributed by atoms with van der Waals surface area (Å²) in [4.78, 5) is 22.5. The van der Waals surface area contributed by atoms with Gasteiger partial charge in [0.15, 0.2) is 0 Å². The van der Waals surface area contributed by atoms with Crippen LogP contribution < -0.4 is 10.1 Å². The number of amides is 1. The monoisotopic (exact) mass is 314 g/mol. The van der Waals surface area contributed by atoms with Crippen LogP contribution in [-0.4, -0.2) is 17.4 Å². The van der Waals surface area contributed by atoms with E-state index in [1.165, 1.54) is 18.2 Å². The van der Waals surface area contributed by atoms with Crippen molar-refractivity contribution >= 4 is 11.6 Å². The summed E-state index contributed by atoms with van der Waals surface area (Å²) in [5.74, 6) is 0.482. The first-order chi connectivity index (χ1) is 11.0. The average molecular weight is 314 g/mol. The van der Waals surface area contributed by atoms with Crippen molar-refractivity contribution in [2.75, 3.05) is 6.61 Å². The highest BCUT2D eigenvalue weighted by Gasteiger charge is 2.13. The van der Waals surface area contributed by atoms with Crippen LogP contribution in [-0.2, 0) is 6.54 Å². The molecule has 6 nitrogen and oxygen atoms in total. The number of hydrogen-bond acceptors (Lipinski definition) is 4. The summed E-state index contributed by atoms with van der Waals surface area (Å²) < 4.78 is 5.41. The molecule has 1 amide bonds. The van der Waals surface area contributed by atoms with Gasteiger partial charge in [0.2, 0.25) is 0 Å². The Bertz CT molecular complexity index is 728. The molecule has 0 spiro atoms. The fourth-order valence-electron chi connectivity index (χ4n) is 2.20. The maximum atomic E-state index is 12.1. The van der Waals surface area contributed by atoms with E-state index < -0.39 is 4.92 Å². The van der Waals surface area contributed by atoms with Crippen LogP contribution in [0.4, 0.5) is 5.69 Å². The Morgan fingerprint density at radius 1 is 1.26 bits per heavy atom. The maximum Gasteiger partial charge on any atom is 0.272 e. The number of hydrogen-bond donors (Lipinski definition) is 1. The van der Waals surface area contributed by atoms with Crippen LogP contribution in [0.3, 0.4) is 0 Å². The van der Waals surface area contributed by atoms with Gasteiger partial charge in [-0.05, 0) is 43.7 Å². The van der Waals surface area contributed by atoms with Gasteiger partial charge in [0.1, 0.15) is 5.75 Å². The van der Waals surface area contributed by atoms with Crippen LogP contribution in [0.15, 0.2) is 42.5 Å². The maximum absolute atomic E-state index is 12.1. The van der Waals surface area contributed by atoms with Crippen molar-refractivity contribution in [3.05, 3.63) is 69.3 Å². The van der Waals surface area contributed by atoms with E-state index in [1.54, 1.807) is 6.92 Å². The third-order valence-corrected chi connectivity index (χ3v) is 3.32.